The predicted molar refractivity (Wildman–Crippen MR) is 146 cm³/mol. The largest absolute Gasteiger partial charge is 0.467 e. The number of aromatic nitrogens is 4. The minimum atomic E-state index is -0.847. The van der Waals surface area contributed by atoms with Crippen LogP contribution in [-0.4, -0.2) is 107 Å². The number of esters is 2. The van der Waals surface area contributed by atoms with Crippen LogP contribution in [0.3, 0.4) is 0 Å². The summed E-state index contributed by atoms with van der Waals surface area (Å²) in [4.78, 5) is 62.8. The Labute approximate surface area is 239 Å². The van der Waals surface area contributed by atoms with Crippen LogP contribution in [0.1, 0.15) is 24.2 Å². The molecular weight excluding hydrogens is 564 g/mol. The van der Waals surface area contributed by atoms with Crippen molar-refractivity contribution in [2.24, 2.45) is 0 Å². The average Bonchev–Trinajstić information content (AvgIpc) is 3.67. The number of imidazole rings is 2. The summed E-state index contributed by atoms with van der Waals surface area (Å²) in [5.41, 5.74) is 1.38. The molecule has 3 rings (SSSR count). The van der Waals surface area contributed by atoms with E-state index in [0.29, 0.717) is 22.9 Å². The van der Waals surface area contributed by atoms with E-state index in [1.165, 1.54) is 26.9 Å². The molecule has 4 N–H and O–H groups in total. The molecule has 0 spiro atoms. The maximum atomic E-state index is 12.5. The van der Waals surface area contributed by atoms with Crippen molar-refractivity contribution in [3.8, 4) is 0 Å². The summed E-state index contributed by atoms with van der Waals surface area (Å²) >= 11 is 0. The van der Waals surface area contributed by atoms with E-state index in [1.807, 2.05) is 0 Å². The molecule has 3 heterocycles. The number of hydrogen-bond acceptors (Lipinski definition) is 12. The monoisotopic (exact) mass is 598 g/mol. The number of carbonyl (C=O) groups is 4. The Bertz CT molecular complexity index is 987. The van der Waals surface area contributed by atoms with Crippen molar-refractivity contribution < 1.29 is 38.1 Å². The van der Waals surface area contributed by atoms with E-state index in [-0.39, 0.29) is 62.9 Å². The zero-order chi connectivity index (χ0) is 28.7. The third kappa shape index (κ3) is 10.5. The van der Waals surface area contributed by atoms with Gasteiger partial charge in [-0.05, 0) is 0 Å². The fourth-order valence-electron chi connectivity index (χ4n) is 3.80. The van der Waals surface area contributed by atoms with Gasteiger partial charge in [0.05, 0.1) is 52.3 Å². The normalized spacial score (nSPS) is 18.4. The first-order valence-corrected chi connectivity index (χ1v) is 15.0. The molecule has 0 aliphatic carbocycles. The van der Waals surface area contributed by atoms with Crippen molar-refractivity contribution in [1.82, 2.24) is 30.6 Å². The zero-order valence-electron chi connectivity index (χ0n) is 22.3. The molecule has 1 aliphatic rings. The van der Waals surface area contributed by atoms with Crippen molar-refractivity contribution in [2.75, 3.05) is 38.9 Å². The number of amides is 2. The van der Waals surface area contributed by atoms with E-state index in [9.17, 15) is 19.2 Å². The van der Waals surface area contributed by atoms with E-state index in [2.05, 4.69) is 30.6 Å². The molecule has 2 aromatic heterocycles. The van der Waals surface area contributed by atoms with Crippen LogP contribution in [0.15, 0.2) is 25.0 Å². The number of nitrogens with zero attached hydrogens (tertiary/aromatic N) is 2. The standard InChI is InChI=1S/C24H34N6O8S2/c1-35-23(33)17(7-15-9-25-13-27-15)29-21(31)3-5-37-19-11-39-40-12-20(19)38-6-4-22(32)30-18(24(34)36-2)8-16-10-26-14-28-16/h9-10,13-14,17-20H,3-8,11-12H2,1-2H3,(H,25,27)(H,26,28)(H,29,31)(H,30,32)/t17-,18-,19+,20+/m0/s1. The minimum absolute atomic E-state index is 0.0468. The molecule has 1 fully saturated rings. The lowest BCUT2D eigenvalue weighted by Gasteiger charge is -2.30. The molecule has 1 aliphatic heterocycles. The maximum Gasteiger partial charge on any atom is 0.328 e. The molecule has 2 amide bonds. The van der Waals surface area contributed by atoms with Gasteiger partial charge in [0.2, 0.25) is 11.8 Å². The molecule has 40 heavy (non-hydrogen) atoms. The number of methoxy groups -OCH3 is 2. The van der Waals surface area contributed by atoms with Crippen molar-refractivity contribution in [1.29, 1.82) is 0 Å². The van der Waals surface area contributed by atoms with Crippen LogP contribution in [-0.2, 0) is 51.0 Å². The molecule has 2 aromatic rings. The predicted octanol–water partition coefficient (Wildman–Crippen LogP) is 0.179. The Kier molecular flexibility index (Phi) is 13.3. The Hall–Kier alpha value is -3.08. The van der Waals surface area contributed by atoms with Crippen molar-refractivity contribution in [2.45, 2.75) is 50.0 Å². The molecule has 0 aromatic carbocycles. The summed E-state index contributed by atoms with van der Waals surface area (Å²) in [6, 6.07) is -1.69. The average molecular weight is 599 g/mol. The molecule has 0 radical (unpaired) electrons. The van der Waals surface area contributed by atoms with E-state index >= 15 is 0 Å². The second-order valence-electron chi connectivity index (χ2n) is 8.74. The highest BCUT2D eigenvalue weighted by Crippen LogP contribution is 2.32. The quantitative estimate of drug-likeness (QED) is 0.152. The Morgan fingerprint density at radius 2 is 1.25 bits per heavy atom. The SMILES string of the molecule is COC(=O)[C@H](Cc1cnc[nH]1)NC(=O)CCO[C@@H]1CSSC[C@H]1OCCC(=O)N[C@@H](Cc1cnc[nH]1)C(=O)OC. The van der Waals surface area contributed by atoms with Crippen LogP contribution in [0.4, 0.5) is 0 Å². The van der Waals surface area contributed by atoms with Gasteiger partial charge in [0, 0.05) is 61.0 Å². The third-order valence-electron chi connectivity index (χ3n) is 5.88. The number of ether oxygens (including phenoxy) is 4. The number of rotatable bonds is 16. The summed E-state index contributed by atoms with van der Waals surface area (Å²) in [5.74, 6) is -0.498. The smallest absolute Gasteiger partial charge is 0.328 e. The molecule has 14 nitrogen and oxygen atoms in total. The first-order valence-electron chi connectivity index (χ1n) is 12.6. The number of H-pyrrole nitrogens is 2. The van der Waals surface area contributed by atoms with Gasteiger partial charge in [-0.2, -0.15) is 0 Å². The number of nitrogens with one attached hydrogen (secondary N) is 4. The van der Waals surface area contributed by atoms with Crippen LogP contribution < -0.4 is 10.6 Å². The molecule has 4 atom stereocenters. The summed E-state index contributed by atoms with van der Waals surface area (Å²) < 4.78 is 21.5. The van der Waals surface area contributed by atoms with Gasteiger partial charge in [0.1, 0.15) is 12.1 Å². The van der Waals surface area contributed by atoms with Gasteiger partial charge < -0.3 is 39.5 Å². The Morgan fingerprint density at radius 1 is 0.825 bits per heavy atom. The third-order valence-corrected chi connectivity index (χ3v) is 8.30. The van der Waals surface area contributed by atoms with Gasteiger partial charge in [0.25, 0.3) is 0 Å². The highest BCUT2D eigenvalue weighted by atomic mass is 33.1. The fraction of sp³-hybridized carbons (Fsp3) is 0.583. The summed E-state index contributed by atoms with van der Waals surface area (Å²) in [7, 11) is 5.81. The van der Waals surface area contributed by atoms with Gasteiger partial charge in [-0.25, -0.2) is 19.6 Å². The molecular formula is C24H34N6O8S2. The van der Waals surface area contributed by atoms with E-state index in [4.69, 9.17) is 18.9 Å². The molecule has 0 saturated carbocycles. The van der Waals surface area contributed by atoms with E-state index in [0.717, 1.165) is 0 Å². The van der Waals surface area contributed by atoms with Gasteiger partial charge in [-0.15, -0.1) is 0 Å². The molecule has 16 heteroatoms. The lowest BCUT2D eigenvalue weighted by atomic mass is 10.1. The van der Waals surface area contributed by atoms with Crippen LogP contribution in [0.5, 0.6) is 0 Å². The highest BCUT2D eigenvalue weighted by Gasteiger charge is 2.29. The minimum Gasteiger partial charge on any atom is -0.467 e. The molecule has 0 bridgehead atoms. The Balaban J connectivity index is 1.40. The second-order valence-corrected chi connectivity index (χ2v) is 11.3. The van der Waals surface area contributed by atoms with Crippen LogP contribution in [0.25, 0.3) is 0 Å². The summed E-state index contributed by atoms with van der Waals surface area (Å²) in [5, 5.41) is 5.36. The lowest BCUT2D eigenvalue weighted by Crippen LogP contribution is -2.44. The second kappa shape index (κ2) is 16.9. The van der Waals surface area contributed by atoms with E-state index in [1.54, 1.807) is 34.0 Å². The first-order chi connectivity index (χ1) is 19.4. The summed E-state index contributed by atoms with van der Waals surface area (Å²) in [6.45, 7) is 0.267. The molecule has 220 valence electrons. The summed E-state index contributed by atoms with van der Waals surface area (Å²) in [6.07, 6.45) is 6.14. The fourth-order valence-corrected chi connectivity index (χ4v) is 6.26. The van der Waals surface area contributed by atoms with Gasteiger partial charge in [-0.1, -0.05) is 21.6 Å². The van der Waals surface area contributed by atoms with Crippen molar-refractivity contribution in [3.05, 3.63) is 36.4 Å². The van der Waals surface area contributed by atoms with Crippen LogP contribution in [0, 0.1) is 0 Å². The van der Waals surface area contributed by atoms with Crippen LogP contribution in [0.2, 0.25) is 0 Å². The van der Waals surface area contributed by atoms with Crippen molar-refractivity contribution >= 4 is 45.3 Å². The Morgan fingerprint density at radius 3 is 1.60 bits per heavy atom. The first kappa shape index (κ1) is 31.4. The van der Waals surface area contributed by atoms with Gasteiger partial charge >= 0.3 is 11.9 Å². The number of aromatic amines is 2. The van der Waals surface area contributed by atoms with E-state index < -0.39 is 24.0 Å². The van der Waals surface area contributed by atoms with Crippen LogP contribution >= 0.6 is 21.6 Å². The zero-order valence-corrected chi connectivity index (χ0v) is 23.9. The molecule has 0 unspecified atom stereocenters. The van der Waals surface area contributed by atoms with Gasteiger partial charge in [0.15, 0.2) is 0 Å². The van der Waals surface area contributed by atoms with Gasteiger partial charge in [-0.3, -0.25) is 9.59 Å². The molecule has 1 saturated heterocycles. The van der Waals surface area contributed by atoms with Crippen molar-refractivity contribution in [3.63, 3.8) is 0 Å². The highest BCUT2D eigenvalue weighted by molar-refractivity contribution is 8.76. The number of hydrogen-bond donors (Lipinski definition) is 4. The maximum absolute atomic E-state index is 12.5. The topological polar surface area (TPSA) is 187 Å². The lowest BCUT2D eigenvalue weighted by molar-refractivity contribution is -0.145. The number of carbonyl (C=O) groups excluding carboxylic acids is 4.